The fourth-order valence-corrected chi connectivity index (χ4v) is 3.69. The van der Waals surface area contributed by atoms with Gasteiger partial charge in [0.15, 0.2) is 16.6 Å². The van der Waals surface area contributed by atoms with Crippen molar-refractivity contribution in [3.63, 3.8) is 0 Å². The maximum Gasteiger partial charge on any atom is 0.262 e. The molecule has 0 saturated heterocycles. The molecule has 0 atom stereocenters. The van der Waals surface area contributed by atoms with Gasteiger partial charge in [-0.05, 0) is 36.4 Å². The van der Waals surface area contributed by atoms with E-state index in [0.717, 1.165) is 11.3 Å². The van der Waals surface area contributed by atoms with Crippen LogP contribution in [0.25, 0.3) is 28.0 Å². The van der Waals surface area contributed by atoms with E-state index in [1.54, 1.807) is 23.0 Å². The van der Waals surface area contributed by atoms with Crippen molar-refractivity contribution in [3.8, 4) is 17.0 Å². The Morgan fingerprint density at radius 2 is 1.87 bits per heavy atom. The minimum Gasteiger partial charge on any atom is -0.440 e. The molecule has 0 bridgehead atoms. The highest BCUT2D eigenvalue weighted by Crippen LogP contribution is 2.25. The van der Waals surface area contributed by atoms with Crippen LogP contribution in [-0.2, 0) is 5.75 Å². The van der Waals surface area contributed by atoms with Crippen molar-refractivity contribution in [2.45, 2.75) is 10.9 Å². The molecular formula is C21H14FN5O2S. The lowest BCUT2D eigenvalue weighted by Crippen LogP contribution is -2.09. The number of para-hydroxylation sites is 1. The summed E-state index contributed by atoms with van der Waals surface area (Å²) in [5.41, 5.74) is 1.77. The molecule has 9 heteroatoms. The summed E-state index contributed by atoms with van der Waals surface area (Å²) < 4.78 is 20.4. The van der Waals surface area contributed by atoms with E-state index >= 15 is 0 Å². The number of H-pyrrole nitrogens is 1. The topological polar surface area (TPSA) is 89.6 Å². The molecule has 0 aliphatic rings. The van der Waals surface area contributed by atoms with Crippen LogP contribution in [-0.4, -0.2) is 24.7 Å². The highest BCUT2D eigenvalue weighted by atomic mass is 32.2. The Labute approximate surface area is 173 Å². The van der Waals surface area contributed by atoms with Crippen molar-refractivity contribution in [2.24, 2.45) is 0 Å². The summed E-state index contributed by atoms with van der Waals surface area (Å²) in [6.45, 7) is 0. The summed E-state index contributed by atoms with van der Waals surface area (Å²) in [5.74, 6) is 1.08. The number of halogens is 1. The lowest BCUT2D eigenvalue weighted by molar-refractivity contribution is 0.529. The van der Waals surface area contributed by atoms with Gasteiger partial charge in [0.2, 0.25) is 5.89 Å². The second kappa shape index (κ2) is 7.60. The number of fused-ring (bicyclic) bond motifs is 1. The van der Waals surface area contributed by atoms with Crippen LogP contribution >= 0.6 is 11.8 Å². The molecule has 0 amide bonds. The number of rotatable bonds is 5. The van der Waals surface area contributed by atoms with Crippen molar-refractivity contribution in [1.29, 1.82) is 0 Å². The van der Waals surface area contributed by atoms with Crippen LogP contribution in [0.15, 0.2) is 81.4 Å². The zero-order chi connectivity index (χ0) is 20.5. The van der Waals surface area contributed by atoms with Crippen molar-refractivity contribution < 1.29 is 8.81 Å². The number of nitrogens with one attached hydrogen (secondary N) is 1. The minimum absolute atomic E-state index is 0.260. The Morgan fingerprint density at radius 1 is 1.07 bits per heavy atom. The number of aromatic nitrogens is 5. The maximum absolute atomic E-state index is 13.1. The Kier molecular flexibility index (Phi) is 4.64. The summed E-state index contributed by atoms with van der Waals surface area (Å²) in [5, 5.41) is 5.15. The van der Waals surface area contributed by atoms with E-state index in [1.807, 2.05) is 30.3 Å². The van der Waals surface area contributed by atoms with Crippen LogP contribution in [0.4, 0.5) is 4.39 Å². The zero-order valence-corrected chi connectivity index (χ0v) is 16.3. The molecule has 30 heavy (non-hydrogen) atoms. The van der Waals surface area contributed by atoms with E-state index in [4.69, 9.17) is 4.42 Å². The van der Waals surface area contributed by atoms with Crippen molar-refractivity contribution in [1.82, 2.24) is 24.7 Å². The first-order valence-electron chi connectivity index (χ1n) is 9.04. The molecule has 0 unspecified atom stereocenters. The highest BCUT2D eigenvalue weighted by molar-refractivity contribution is 7.98. The molecule has 3 heterocycles. The number of hydrogen-bond acceptors (Lipinski definition) is 6. The van der Waals surface area contributed by atoms with Gasteiger partial charge < -0.3 is 9.40 Å². The van der Waals surface area contributed by atoms with Gasteiger partial charge in [-0.2, -0.15) is 5.10 Å². The molecule has 0 aliphatic carbocycles. The third-order valence-corrected chi connectivity index (χ3v) is 5.29. The fourth-order valence-electron chi connectivity index (χ4n) is 2.98. The normalized spacial score (nSPS) is 11.2. The van der Waals surface area contributed by atoms with E-state index in [-0.39, 0.29) is 11.4 Å². The molecule has 0 spiro atoms. The molecule has 5 rings (SSSR count). The highest BCUT2D eigenvalue weighted by Gasteiger charge is 2.13. The van der Waals surface area contributed by atoms with Gasteiger partial charge in [0, 0.05) is 5.56 Å². The molecule has 0 saturated carbocycles. The maximum atomic E-state index is 13.1. The Balaban J connectivity index is 1.40. The smallest absolute Gasteiger partial charge is 0.262 e. The Morgan fingerprint density at radius 3 is 2.67 bits per heavy atom. The van der Waals surface area contributed by atoms with Crippen LogP contribution in [0.3, 0.4) is 0 Å². The average molecular weight is 419 g/mol. The Bertz CT molecular complexity index is 1380. The quantitative estimate of drug-likeness (QED) is 0.339. The van der Waals surface area contributed by atoms with Crippen molar-refractivity contribution in [2.75, 3.05) is 0 Å². The average Bonchev–Trinajstić information content (AvgIpc) is 3.41. The molecule has 0 fully saturated rings. The number of nitrogens with zero attached hydrogens (tertiary/aromatic N) is 4. The lowest BCUT2D eigenvalue weighted by Gasteiger charge is -2.03. The van der Waals surface area contributed by atoms with Crippen LogP contribution in [0.5, 0.6) is 0 Å². The van der Waals surface area contributed by atoms with Gasteiger partial charge in [0.1, 0.15) is 11.2 Å². The van der Waals surface area contributed by atoms with Gasteiger partial charge in [-0.25, -0.2) is 19.0 Å². The predicted molar refractivity (Wildman–Crippen MR) is 111 cm³/mol. The summed E-state index contributed by atoms with van der Waals surface area (Å²) >= 11 is 1.30. The number of oxazole rings is 1. The molecular weight excluding hydrogens is 405 g/mol. The monoisotopic (exact) mass is 419 g/mol. The summed E-state index contributed by atoms with van der Waals surface area (Å²) in [6, 6.07) is 15.5. The molecule has 1 N–H and O–H groups in total. The number of benzene rings is 2. The van der Waals surface area contributed by atoms with E-state index in [0.29, 0.717) is 33.6 Å². The molecule has 3 aromatic heterocycles. The fraction of sp³-hybridized carbons (Fsp3) is 0.0476. The summed E-state index contributed by atoms with van der Waals surface area (Å²) in [7, 11) is 0. The van der Waals surface area contributed by atoms with Crippen molar-refractivity contribution in [3.05, 3.63) is 89.1 Å². The van der Waals surface area contributed by atoms with Gasteiger partial charge in [0.05, 0.1) is 23.8 Å². The van der Waals surface area contributed by atoms with Gasteiger partial charge in [0.25, 0.3) is 5.56 Å². The SMILES string of the molecule is O=c1[nH]c(SCc2ncc(-c3ccc(F)cc3)o2)nc2c1cnn2-c1ccccc1. The molecule has 0 radical (unpaired) electrons. The van der Waals surface area contributed by atoms with Gasteiger partial charge in [-0.1, -0.05) is 30.0 Å². The second-order valence-electron chi connectivity index (χ2n) is 6.41. The first-order chi connectivity index (χ1) is 14.7. The minimum atomic E-state index is -0.311. The largest absolute Gasteiger partial charge is 0.440 e. The van der Waals surface area contributed by atoms with Crippen LogP contribution in [0.2, 0.25) is 0 Å². The third kappa shape index (κ3) is 3.50. The number of aromatic amines is 1. The van der Waals surface area contributed by atoms with E-state index in [1.165, 1.54) is 30.1 Å². The van der Waals surface area contributed by atoms with Crippen LogP contribution < -0.4 is 5.56 Å². The summed E-state index contributed by atoms with van der Waals surface area (Å²) in [4.78, 5) is 24.0. The van der Waals surface area contributed by atoms with Crippen LogP contribution in [0.1, 0.15) is 5.89 Å². The first kappa shape index (κ1) is 18.3. The molecule has 5 aromatic rings. The predicted octanol–water partition coefficient (Wildman–Crippen LogP) is 4.20. The molecule has 148 valence electrons. The van der Waals surface area contributed by atoms with Gasteiger partial charge >= 0.3 is 0 Å². The standard InChI is InChI=1S/C21H14FN5O2S/c22-14-8-6-13(7-9-14)17-11-23-18(29-17)12-30-21-25-19-16(20(28)26-21)10-24-27(19)15-4-2-1-3-5-15/h1-11H,12H2,(H,25,26,28). The van der Waals surface area contributed by atoms with Crippen LogP contribution in [0, 0.1) is 5.82 Å². The molecule has 2 aromatic carbocycles. The molecule has 7 nitrogen and oxygen atoms in total. The van der Waals surface area contributed by atoms with E-state index in [2.05, 4.69) is 20.1 Å². The zero-order valence-electron chi connectivity index (χ0n) is 15.4. The third-order valence-electron chi connectivity index (χ3n) is 4.43. The first-order valence-corrected chi connectivity index (χ1v) is 10.0. The number of thioether (sulfide) groups is 1. The van der Waals surface area contributed by atoms with E-state index < -0.39 is 0 Å². The molecule has 0 aliphatic heterocycles. The second-order valence-corrected chi connectivity index (χ2v) is 7.38. The van der Waals surface area contributed by atoms with Gasteiger partial charge in [-0.3, -0.25) is 4.79 Å². The van der Waals surface area contributed by atoms with Crippen molar-refractivity contribution >= 4 is 22.8 Å². The van der Waals surface area contributed by atoms with E-state index in [9.17, 15) is 9.18 Å². The van der Waals surface area contributed by atoms with Gasteiger partial charge in [-0.15, -0.1) is 0 Å². The Hall–Kier alpha value is -3.72. The summed E-state index contributed by atoms with van der Waals surface area (Å²) in [6.07, 6.45) is 3.10. The lowest BCUT2D eigenvalue weighted by atomic mass is 10.2. The number of hydrogen-bond donors (Lipinski definition) is 1.